The Hall–Kier alpha value is -3.26. The first-order valence-corrected chi connectivity index (χ1v) is 10.6. The van der Waals surface area contributed by atoms with Crippen molar-refractivity contribution >= 4 is 23.2 Å². The highest BCUT2D eigenvalue weighted by Crippen LogP contribution is 2.34. The Bertz CT molecular complexity index is 924. The lowest BCUT2D eigenvalue weighted by Crippen LogP contribution is -2.44. The maximum absolute atomic E-state index is 12.1. The Morgan fingerprint density at radius 3 is 2.45 bits per heavy atom. The Balaban J connectivity index is 1.17. The third-order valence-corrected chi connectivity index (χ3v) is 5.57. The van der Waals surface area contributed by atoms with Crippen LogP contribution in [0.5, 0.6) is 11.5 Å². The van der Waals surface area contributed by atoms with Crippen LogP contribution in [0.4, 0.5) is 11.4 Å². The molecule has 8 nitrogen and oxygen atoms in total. The van der Waals surface area contributed by atoms with Crippen LogP contribution >= 0.6 is 0 Å². The zero-order chi connectivity index (χ0) is 21.6. The van der Waals surface area contributed by atoms with Gasteiger partial charge in [0, 0.05) is 50.2 Å². The molecule has 0 unspecified atom stereocenters. The highest BCUT2D eigenvalue weighted by Gasteiger charge is 2.17. The molecule has 2 heterocycles. The molecule has 1 saturated heterocycles. The molecule has 4 rings (SSSR count). The molecule has 8 heteroatoms. The second-order valence-electron chi connectivity index (χ2n) is 7.84. The molecular formula is C23H28N4O4. The van der Waals surface area contributed by atoms with Crippen LogP contribution in [0, 0.1) is 0 Å². The van der Waals surface area contributed by atoms with E-state index in [1.807, 2.05) is 0 Å². The molecule has 0 aromatic heterocycles. The molecule has 2 aliphatic rings. The van der Waals surface area contributed by atoms with E-state index in [-0.39, 0.29) is 6.79 Å². The molecule has 2 aromatic carbocycles. The van der Waals surface area contributed by atoms with Crippen molar-refractivity contribution in [1.82, 2.24) is 10.2 Å². The average molecular weight is 425 g/mol. The third-order valence-electron chi connectivity index (χ3n) is 5.57. The topological polar surface area (TPSA) is 83.1 Å². The number of fused-ring (bicyclic) bond motifs is 1. The van der Waals surface area contributed by atoms with Crippen LogP contribution < -0.4 is 25.0 Å². The third kappa shape index (κ3) is 5.46. The van der Waals surface area contributed by atoms with Crippen molar-refractivity contribution in [3.63, 3.8) is 0 Å². The highest BCUT2D eigenvalue weighted by atomic mass is 16.7. The Morgan fingerprint density at radius 1 is 0.935 bits per heavy atom. The van der Waals surface area contributed by atoms with Gasteiger partial charge in [0.15, 0.2) is 11.5 Å². The molecular weight excluding hydrogens is 396 g/mol. The van der Waals surface area contributed by atoms with Crippen molar-refractivity contribution in [3.8, 4) is 11.5 Å². The van der Waals surface area contributed by atoms with Crippen LogP contribution in [0.1, 0.15) is 12.0 Å². The summed E-state index contributed by atoms with van der Waals surface area (Å²) in [7, 11) is 2.15. The van der Waals surface area contributed by atoms with Crippen molar-refractivity contribution in [1.29, 1.82) is 0 Å². The number of hydrogen-bond acceptors (Lipinski definition) is 6. The largest absolute Gasteiger partial charge is 0.454 e. The van der Waals surface area contributed by atoms with E-state index in [1.54, 1.807) is 18.2 Å². The summed E-state index contributed by atoms with van der Waals surface area (Å²) in [5.41, 5.74) is 2.96. The first-order valence-electron chi connectivity index (χ1n) is 10.6. The van der Waals surface area contributed by atoms with Gasteiger partial charge < -0.3 is 29.9 Å². The molecule has 0 radical (unpaired) electrons. The lowest BCUT2D eigenvalue weighted by atomic mass is 10.1. The van der Waals surface area contributed by atoms with E-state index in [0.29, 0.717) is 23.7 Å². The van der Waals surface area contributed by atoms with Gasteiger partial charge in [-0.1, -0.05) is 12.1 Å². The van der Waals surface area contributed by atoms with Crippen LogP contribution in [0.15, 0.2) is 42.5 Å². The van der Waals surface area contributed by atoms with Gasteiger partial charge in [-0.3, -0.25) is 9.59 Å². The minimum absolute atomic E-state index is 0.159. The van der Waals surface area contributed by atoms with Crippen molar-refractivity contribution in [2.45, 2.75) is 12.8 Å². The van der Waals surface area contributed by atoms with E-state index in [9.17, 15) is 9.59 Å². The van der Waals surface area contributed by atoms with Crippen LogP contribution in [-0.2, 0) is 16.0 Å². The van der Waals surface area contributed by atoms with E-state index in [2.05, 4.69) is 51.7 Å². The number of rotatable bonds is 6. The van der Waals surface area contributed by atoms with Crippen molar-refractivity contribution in [2.24, 2.45) is 0 Å². The molecule has 0 aliphatic carbocycles. The van der Waals surface area contributed by atoms with Crippen molar-refractivity contribution < 1.29 is 19.1 Å². The number of hydrogen-bond donors (Lipinski definition) is 2. The maximum atomic E-state index is 12.1. The van der Waals surface area contributed by atoms with E-state index in [4.69, 9.17) is 9.47 Å². The van der Waals surface area contributed by atoms with Gasteiger partial charge in [-0.2, -0.15) is 0 Å². The zero-order valence-corrected chi connectivity index (χ0v) is 17.7. The fourth-order valence-corrected chi connectivity index (χ4v) is 3.67. The molecule has 2 amide bonds. The Morgan fingerprint density at radius 2 is 1.68 bits per heavy atom. The molecule has 0 saturated carbocycles. The van der Waals surface area contributed by atoms with E-state index >= 15 is 0 Å². The minimum atomic E-state index is -0.699. The number of carbonyl (C=O) groups is 2. The first kappa shape index (κ1) is 21.0. The van der Waals surface area contributed by atoms with Crippen LogP contribution in [-0.4, -0.2) is 63.3 Å². The summed E-state index contributed by atoms with van der Waals surface area (Å²) in [5, 5.41) is 5.25. The molecule has 164 valence electrons. The van der Waals surface area contributed by atoms with Gasteiger partial charge in [0.25, 0.3) is 0 Å². The predicted molar refractivity (Wildman–Crippen MR) is 119 cm³/mol. The summed E-state index contributed by atoms with van der Waals surface area (Å²) in [4.78, 5) is 28.9. The lowest BCUT2D eigenvalue weighted by molar-refractivity contribution is -0.136. The molecule has 2 N–H and O–H groups in total. The van der Waals surface area contributed by atoms with Gasteiger partial charge in [0.2, 0.25) is 6.79 Å². The summed E-state index contributed by atoms with van der Waals surface area (Å²) in [5.74, 6) is -0.172. The summed E-state index contributed by atoms with van der Waals surface area (Å²) in [6.07, 6.45) is 1.60. The lowest BCUT2D eigenvalue weighted by Gasteiger charge is -2.34. The summed E-state index contributed by atoms with van der Waals surface area (Å²) < 4.78 is 10.5. The number of nitrogens with zero attached hydrogens (tertiary/aromatic N) is 2. The second kappa shape index (κ2) is 9.70. The fraction of sp³-hybridized carbons (Fsp3) is 0.391. The Kier molecular flexibility index (Phi) is 6.57. The number of nitrogens with one attached hydrogen (secondary N) is 2. The predicted octanol–water partition coefficient (Wildman–Crippen LogP) is 1.85. The number of anilines is 2. The first-order chi connectivity index (χ1) is 15.1. The number of piperazine rings is 1. The molecule has 1 fully saturated rings. The van der Waals surface area contributed by atoms with Gasteiger partial charge in [-0.25, -0.2) is 0 Å². The van der Waals surface area contributed by atoms with Gasteiger partial charge in [0.05, 0.1) is 0 Å². The number of benzene rings is 2. The summed E-state index contributed by atoms with van der Waals surface area (Å²) in [6, 6.07) is 13.6. The van der Waals surface area contributed by atoms with Crippen molar-refractivity contribution in [2.75, 3.05) is 56.8 Å². The van der Waals surface area contributed by atoms with Gasteiger partial charge in [-0.15, -0.1) is 0 Å². The fourth-order valence-electron chi connectivity index (χ4n) is 3.67. The second-order valence-corrected chi connectivity index (χ2v) is 7.84. The molecule has 0 spiro atoms. The SMILES string of the molecule is CN1CCN(c2ccc(CCCNC(=O)C(=O)Nc3ccc4c(c3)OCO4)cc2)CC1. The average Bonchev–Trinajstić information content (AvgIpc) is 3.25. The van der Waals surface area contributed by atoms with Crippen LogP contribution in [0.3, 0.4) is 0 Å². The van der Waals surface area contributed by atoms with Gasteiger partial charge in [0.1, 0.15) is 0 Å². The van der Waals surface area contributed by atoms with Crippen LogP contribution in [0.25, 0.3) is 0 Å². The number of carbonyl (C=O) groups excluding carboxylic acids is 2. The minimum Gasteiger partial charge on any atom is -0.454 e. The maximum Gasteiger partial charge on any atom is 0.313 e. The number of ether oxygens (including phenoxy) is 2. The zero-order valence-electron chi connectivity index (χ0n) is 17.7. The van der Waals surface area contributed by atoms with Crippen molar-refractivity contribution in [3.05, 3.63) is 48.0 Å². The molecule has 0 bridgehead atoms. The normalized spacial score (nSPS) is 15.6. The standard InChI is InChI=1S/C23H28N4O4/c1-26-11-13-27(14-12-26)19-7-4-17(5-8-19)3-2-10-24-22(28)23(29)25-18-6-9-20-21(15-18)31-16-30-20/h4-9,15H,2-3,10-14,16H2,1H3,(H,24,28)(H,25,29). The molecule has 31 heavy (non-hydrogen) atoms. The van der Waals surface area contributed by atoms with Gasteiger partial charge in [-0.05, 0) is 49.7 Å². The van der Waals surface area contributed by atoms with E-state index < -0.39 is 11.8 Å². The highest BCUT2D eigenvalue weighted by molar-refractivity contribution is 6.39. The summed E-state index contributed by atoms with van der Waals surface area (Å²) >= 11 is 0. The van der Waals surface area contributed by atoms with Crippen LogP contribution in [0.2, 0.25) is 0 Å². The Labute approximate surface area is 182 Å². The quantitative estimate of drug-likeness (QED) is 0.544. The number of aryl methyl sites for hydroxylation is 1. The number of amides is 2. The monoisotopic (exact) mass is 424 g/mol. The van der Waals surface area contributed by atoms with E-state index in [1.165, 1.54) is 11.3 Å². The summed E-state index contributed by atoms with van der Waals surface area (Å²) in [6.45, 7) is 4.87. The molecule has 0 atom stereocenters. The van der Waals surface area contributed by atoms with Gasteiger partial charge >= 0.3 is 11.8 Å². The number of likely N-dealkylation sites (N-methyl/N-ethyl adjacent to an activating group) is 1. The van der Waals surface area contributed by atoms with E-state index in [0.717, 1.165) is 39.0 Å². The molecule has 2 aliphatic heterocycles. The smallest absolute Gasteiger partial charge is 0.313 e. The molecule has 2 aromatic rings.